The number of hydrogen-bond donors (Lipinski definition) is 2. The zero-order chi connectivity index (χ0) is 16.4. The third-order valence-electron chi connectivity index (χ3n) is 3.34. The molecule has 0 spiro atoms. The number of ether oxygens (including phenoxy) is 2. The molecule has 2 amide bonds. The molecule has 0 unspecified atom stereocenters. The molecule has 3 heterocycles. The lowest BCUT2D eigenvalue weighted by molar-refractivity contribution is 0.174. The Hall–Kier alpha value is -3.00. The lowest BCUT2D eigenvalue weighted by atomic mass is 10.3. The smallest absolute Gasteiger partial charge is 0.319 e. The van der Waals surface area contributed by atoms with E-state index in [1.165, 1.54) is 6.26 Å². The molecule has 1 aliphatic heterocycles. The molecule has 24 heavy (non-hydrogen) atoms. The molecule has 8 heteroatoms. The number of hydrogen-bond acceptors (Lipinski definition) is 6. The second-order valence-corrected chi connectivity index (χ2v) is 5.94. The van der Waals surface area contributed by atoms with Crippen molar-refractivity contribution in [3.05, 3.63) is 47.7 Å². The topological polar surface area (TPSA) is 85.6 Å². The molecular weight excluding hydrogens is 330 g/mol. The maximum atomic E-state index is 12.0. The Morgan fingerprint density at radius 3 is 3.04 bits per heavy atom. The van der Waals surface area contributed by atoms with Crippen LogP contribution >= 0.6 is 11.3 Å². The van der Waals surface area contributed by atoms with Gasteiger partial charge in [-0.15, -0.1) is 11.3 Å². The minimum absolute atomic E-state index is 0.198. The average Bonchev–Trinajstić information content (AvgIpc) is 3.32. The molecule has 7 nitrogen and oxygen atoms in total. The number of oxazole rings is 1. The lowest BCUT2D eigenvalue weighted by Gasteiger charge is -2.07. The third-order valence-corrected chi connectivity index (χ3v) is 4.20. The van der Waals surface area contributed by atoms with Gasteiger partial charge in [-0.25, -0.2) is 9.78 Å². The number of nitrogens with one attached hydrogen (secondary N) is 2. The Morgan fingerprint density at radius 1 is 1.25 bits per heavy atom. The molecule has 0 aliphatic carbocycles. The second kappa shape index (κ2) is 6.25. The first-order valence-electron chi connectivity index (χ1n) is 7.21. The number of aromatic nitrogens is 1. The van der Waals surface area contributed by atoms with Crippen LogP contribution in [0.2, 0.25) is 0 Å². The molecule has 0 bridgehead atoms. The fourth-order valence-corrected chi connectivity index (χ4v) is 2.88. The standard InChI is InChI=1S/C16H13N3O4S/c20-16(19-10-3-4-12-13(6-10)23-9-22-12)17-7-11-8-21-15(18-11)14-2-1-5-24-14/h1-6,8H,7,9H2,(H2,17,19,20). The third kappa shape index (κ3) is 3.04. The van der Waals surface area contributed by atoms with Crippen LogP contribution in [0.5, 0.6) is 11.5 Å². The molecule has 0 radical (unpaired) electrons. The predicted octanol–water partition coefficient (Wildman–Crippen LogP) is 3.45. The largest absolute Gasteiger partial charge is 0.454 e. The van der Waals surface area contributed by atoms with Gasteiger partial charge >= 0.3 is 6.03 Å². The predicted molar refractivity (Wildman–Crippen MR) is 88.2 cm³/mol. The van der Waals surface area contributed by atoms with Gasteiger partial charge in [-0.1, -0.05) is 6.07 Å². The highest BCUT2D eigenvalue weighted by Gasteiger charge is 2.14. The van der Waals surface area contributed by atoms with E-state index < -0.39 is 0 Å². The van der Waals surface area contributed by atoms with E-state index in [1.54, 1.807) is 29.5 Å². The van der Waals surface area contributed by atoms with Crippen LogP contribution in [0.15, 0.2) is 46.4 Å². The van der Waals surface area contributed by atoms with Crippen LogP contribution in [-0.4, -0.2) is 17.8 Å². The van der Waals surface area contributed by atoms with Crippen LogP contribution in [0.25, 0.3) is 10.8 Å². The summed E-state index contributed by atoms with van der Waals surface area (Å²) >= 11 is 1.55. The Balaban J connectivity index is 1.33. The number of carbonyl (C=O) groups excluding carboxylic acids is 1. The van der Waals surface area contributed by atoms with Crippen molar-refractivity contribution in [2.24, 2.45) is 0 Å². The summed E-state index contributed by atoms with van der Waals surface area (Å²) in [5.41, 5.74) is 1.27. The summed E-state index contributed by atoms with van der Waals surface area (Å²) < 4.78 is 15.9. The van der Waals surface area contributed by atoms with E-state index in [0.717, 1.165) is 4.88 Å². The first-order chi connectivity index (χ1) is 11.8. The highest BCUT2D eigenvalue weighted by atomic mass is 32.1. The van der Waals surface area contributed by atoms with E-state index in [1.807, 2.05) is 17.5 Å². The first-order valence-corrected chi connectivity index (χ1v) is 8.09. The number of amides is 2. The Morgan fingerprint density at radius 2 is 2.17 bits per heavy atom. The average molecular weight is 343 g/mol. The fourth-order valence-electron chi connectivity index (χ4n) is 2.22. The molecule has 0 saturated carbocycles. The van der Waals surface area contributed by atoms with Crippen molar-refractivity contribution in [3.8, 4) is 22.3 Å². The monoisotopic (exact) mass is 343 g/mol. The van der Waals surface area contributed by atoms with E-state index in [9.17, 15) is 4.79 Å². The van der Waals surface area contributed by atoms with Gasteiger partial charge in [0, 0.05) is 11.8 Å². The highest BCUT2D eigenvalue weighted by molar-refractivity contribution is 7.13. The van der Waals surface area contributed by atoms with Gasteiger partial charge in [0.05, 0.1) is 17.1 Å². The van der Waals surface area contributed by atoms with Crippen LogP contribution in [0, 0.1) is 0 Å². The molecule has 2 N–H and O–H groups in total. The molecule has 122 valence electrons. The number of fused-ring (bicyclic) bond motifs is 1. The van der Waals surface area contributed by atoms with E-state index in [2.05, 4.69) is 15.6 Å². The fraction of sp³-hybridized carbons (Fsp3) is 0.125. The molecule has 4 rings (SSSR count). The minimum Gasteiger partial charge on any atom is -0.454 e. The Kier molecular flexibility index (Phi) is 3.80. The number of carbonyl (C=O) groups is 1. The molecule has 1 aromatic carbocycles. The van der Waals surface area contributed by atoms with Crippen molar-refractivity contribution in [2.75, 3.05) is 12.1 Å². The van der Waals surface area contributed by atoms with Crippen molar-refractivity contribution < 1.29 is 18.7 Å². The zero-order valence-corrected chi connectivity index (χ0v) is 13.3. The SMILES string of the molecule is O=C(NCc1coc(-c2cccs2)n1)Nc1ccc2c(c1)OCO2. The summed E-state index contributed by atoms with van der Waals surface area (Å²) in [7, 11) is 0. The number of nitrogens with zero attached hydrogens (tertiary/aromatic N) is 1. The van der Waals surface area contributed by atoms with Crippen LogP contribution < -0.4 is 20.1 Å². The first kappa shape index (κ1) is 14.6. The Labute approximate surface area is 141 Å². The van der Waals surface area contributed by atoms with Crippen molar-refractivity contribution in [1.29, 1.82) is 0 Å². The van der Waals surface area contributed by atoms with Crippen molar-refractivity contribution >= 4 is 23.1 Å². The Bertz CT molecular complexity index is 860. The van der Waals surface area contributed by atoms with Crippen LogP contribution in [-0.2, 0) is 6.54 Å². The maximum Gasteiger partial charge on any atom is 0.319 e. The number of urea groups is 1. The summed E-state index contributed by atoms with van der Waals surface area (Å²) in [4.78, 5) is 17.3. The van der Waals surface area contributed by atoms with Gasteiger partial charge in [0.2, 0.25) is 12.7 Å². The minimum atomic E-state index is -0.338. The van der Waals surface area contributed by atoms with Gasteiger partial charge < -0.3 is 24.5 Å². The summed E-state index contributed by atoms with van der Waals surface area (Å²) in [6.07, 6.45) is 1.54. The molecule has 0 saturated heterocycles. The maximum absolute atomic E-state index is 12.0. The van der Waals surface area contributed by atoms with Crippen molar-refractivity contribution in [1.82, 2.24) is 10.3 Å². The van der Waals surface area contributed by atoms with Gasteiger partial charge in [0.25, 0.3) is 0 Å². The van der Waals surface area contributed by atoms with Crippen LogP contribution in [0.1, 0.15) is 5.69 Å². The van der Waals surface area contributed by atoms with Gasteiger partial charge in [0.15, 0.2) is 11.5 Å². The molecular formula is C16H13N3O4S. The lowest BCUT2D eigenvalue weighted by Crippen LogP contribution is -2.28. The summed E-state index contributed by atoms with van der Waals surface area (Å²) in [6.45, 7) is 0.467. The van der Waals surface area contributed by atoms with Crippen molar-refractivity contribution in [2.45, 2.75) is 6.54 Å². The quantitative estimate of drug-likeness (QED) is 0.758. The summed E-state index contributed by atoms with van der Waals surface area (Å²) in [6, 6.07) is 8.74. The van der Waals surface area contributed by atoms with Gasteiger partial charge in [-0.05, 0) is 23.6 Å². The van der Waals surface area contributed by atoms with E-state index in [0.29, 0.717) is 28.8 Å². The number of anilines is 1. The van der Waals surface area contributed by atoms with E-state index in [-0.39, 0.29) is 19.4 Å². The number of rotatable bonds is 4. The molecule has 1 aliphatic rings. The zero-order valence-electron chi connectivity index (χ0n) is 12.4. The summed E-state index contributed by atoms with van der Waals surface area (Å²) in [5, 5.41) is 7.42. The number of thiophene rings is 1. The van der Waals surface area contributed by atoms with Gasteiger partial charge in [0.1, 0.15) is 6.26 Å². The van der Waals surface area contributed by atoms with Crippen molar-refractivity contribution in [3.63, 3.8) is 0 Å². The van der Waals surface area contributed by atoms with Crippen LogP contribution in [0.4, 0.5) is 10.5 Å². The van der Waals surface area contributed by atoms with E-state index in [4.69, 9.17) is 13.9 Å². The van der Waals surface area contributed by atoms with Crippen LogP contribution in [0.3, 0.4) is 0 Å². The molecule has 0 atom stereocenters. The normalized spacial score (nSPS) is 12.2. The highest BCUT2D eigenvalue weighted by Crippen LogP contribution is 2.34. The van der Waals surface area contributed by atoms with E-state index >= 15 is 0 Å². The molecule has 2 aromatic heterocycles. The molecule has 3 aromatic rings. The summed E-state index contributed by atoms with van der Waals surface area (Å²) in [5.74, 6) is 1.84. The van der Waals surface area contributed by atoms with Gasteiger partial charge in [-0.2, -0.15) is 0 Å². The number of benzene rings is 1. The second-order valence-electron chi connectivity index (χ2n) is 5.00. The van der Waals surface area contributed by atoms with Gasteiger partial charge in [-0.3, -0.25) is 0 Å². The molecule has 0 fully saturated rings.